The number of Topliss-reactive ketones (excluding diaryl/α,β-unsaturated/α-hetero) is 1. The van der Waals surface area contributed by atoms with Gasteiger partial charge < -0.3 is 9.84 Å². The average Bonchev–Trinajstić information content (AvgIpc) is 3.05. The van der Waals surface area contributed by atoms with Crippen molar-refractivity contribution in [1.82, 2.24) is 4.98 Å². The normalized spacial score (nSPS) is 18.1. The first-order valence-corrected chi connectivity index (χ1v) is 9.02. The van der Waals surface area contributed by atoms with Gasteiger partial charge >= 0.3 is 0 Å². The molecule has 1 fully saturated rings. The Balaban J connectivity index is 1.96. The van der Waals surface area contributed by atoms with Crippen LogP contribution in [0.2, 0.25) is 0 Å². The van der Waals surface area contributed by atoms with Crippen molar-refractivity contribution < 1.29 is 19.4 Å². The third-order valence-corrected chi connectivity index (χ3v) is 4.83. The van der Waals surface area contributed by atoms with Crippen molar-refractivity contribution in [2.45, 2.75) is 6.04 Å². The molecular weight excluding hydrogens is 368 g/mol. The van der Waals surface area contributed by atoms with Gasteiger partial charge in [0.1, 0.15) is 11.5 Å². The Hall–Kier alpha value is -3.93. The largest absolute Gasteiger partial charge is 0.507 e. The zero-order valence-electron chi connectivity index (χ0n) is 15.6. The Morgan fingerprint density at radius 1 is 1.03 bits per heavy atom. The Kier molecular flexibility index (Phi) is 4.83. The number of ether oxygens (including phenoxy) is 1. The fourth-order valence-corrected chi connectivity index (χ4v) is 3.47. The first-order valence-electron chi connectivity index (χ1n) is 9.02. The van der Waals surface area contributed by atoms with E-state index in [1.807, 2.05) is 6.07 Å². The first kappa shape index (κ1) is 18.4. The van der Waals surface area contributed by atoms with Gasteiger partial charge in [0.15, 0.2) is 0 Å². The lowest BCUT2D eigenvalue weighted by atomic mass is 9.95. The highest BCUT2D eigenvalue weighted by molar-refractivity contribution is 6.51. The molecule has 1 aliphatic heterocycles. The Bertz CT molecular complexity index is 1090. The molecule has 1 aliphatic rings. The number of carbonyl (C=O) groups excluding carboxylic acids is 2. The van der Waals surface area contributed by atoms with Crippen LogP contribution in [0.4, 0.5) is 5.69 Å². The van der Waals surface area contributed by atoms with E-state index in [0.717, 1.165) is 0 Å². The van der Waals surface area contributed by atoms with Crippen LogP contribution in [-0.4, -0.2) is 28.9 Å². The van der Waals surface area contributed by atoms with Crippen LogP contribution < -0.4 is 9.64 Å². The quantitative estimate of drug-likeness (QED) is 0.420. The lowest BCUT2D eigenvalue weighted by Crippen LogP contribution is -2.29. The van der Waals surface area contributed by atoms with Gasteiger partial charge in [-0.25, -0.2) is 0 Å². The molecule has 4 rings (SSSR count). The summed E-state index contributed by atoms with van der Waals surface area (Å²) in [5, 5.41) is 11.0. The second kappa shape index (κ2) is 7.59. The summed E-state index contributed by atoms with van der Waals surface area (Å²) in [5.41, 5.74) is 1.60. The standard InChI is InChI=1S/C23H18N2O4/c1-29-18-11-5-9-16(13-18)20-19(21(26)15-7-3-2-4-8-15)22(27)23(28)25(20)17-10-6-12-24-14-17/h2-14,20,26H,1H3/b21-19-. The molecule has 2 aromatic carbocycles. The van der Waals surface area contributed by atoms with E-state index in [1.165, 1.54) is 11.1 Å². The number of aliphatic hydroxyl groups is 1. The third kappa shape index (κ3) is 3.25. The number of anilines is 1. The summed E-state index contributed by atoms with van der Waals surface area (Å²) in [6, 6.07) is 18.4. The van der Waals surface area contributed by atoms with E-state index >= 15 is 0 Å². The van der Waals surface area contributed by atoms with Gasteiger partial charge in [-0.05, 0) is 29.8 Å². The molecule has 0 spiro atoms. The van der Waals surface area contributed by atoms with Crippen molar-refractivity contribution in [2.75, 3.05) is 12.0 Å². The fourth-order valence-electron chi connectivity index (χ4n) is 3.47. The van der Waals surface area contributed by atoms with Crippen molar-refractivity contribution in [3.8, 4) is 5.75 Å². The average molecular weight is 386 g/mol. The minimum Gasteiger partial charge on any atom is -0.507 e. The molecule has 0 bridgehead atoms. The van der Waals surface area contributed by atoms with E-state index in [9.17, 15) is 14.7 Å². The topological polar surface area (TPSA) is 79.7 Å². The summed E-state index contributed by atoms with van der Waals surface area (Å²) in [7, 11) is 1.54. The molecular formula is C23H18N2O4. The number of ketones is 1. The molecule has 29 heavy (non-hydrogen) atoms. The number of benzene rings is 2. The second-order valence-corrected chi connectivity index (χ2v) is 6.52. The lowest BCUT2D eigenvalue weighted by Gasteiger charge is -2.25. The fraction of sp³-hybridized carbons (Fsp3) is 0.0870. The van der Waals surface area contributed by atoms with Crippen LogP contribution >= 0.6 is 0 Å². The maximum atomic E-state index is 13.0. The van der Waals surface area contributed by atoms with Crippen molar-refractivity contribution in [3.63, 3.8) is 0 Å². The van der Waals surface area contributed by atoms with Crippen LogP contribution in [0.15, 0.2) is 84.7 Å². The SMILES string of the molecule is COc1cccc(C2/C(=C(/O)c3ccccc3)C(=O)C(=O)N2c2cccnc2)c1. The lowest BCUT2D eigenvalue weighted by molar-refractivity contribution is -0.132. The summed E-state index contributed by atoms with van der Waals surface area (Å²) in [5.74, 6) is -1.10. The van der Waals surface area contributed by atoms with Crippen LogP contribution in [0.3, 0.4) is 0 Å². The van der Waals surface area contributed by atoms with Gasteiger partial charge in [-0.2, -0.15) is 0 Å². The van der Waals surface area contributed by atoms with Gasteiger partial charge in [-0.3, -0.25) is 19.5 Å². The van der Waals surface area contributed by atoms with Gasteiger partial charge in [-0.15, -0.1) is 0 Å². The van der Waals surface area contributed by atoms with Gasteiger partial charge in [0, 0.05) is 11.8 Å². The third-order valence-electron chi connectivity index (χ3n) is 4.83. The molecule has 1 N–H and O–H groups in total. The van der Waals surface area contributed by atoms with Crippen molar-refractivity contribution >= 4 is 23.1 Å². The van der Waals surface area contributed by atoms with E-state index in [2.05, 4.69) is 4.98 Å². The van der Waals surface area contributed by atoms with Crippen molar-refractivity contribution in [1.29, 1.82) is 0 Å². The Morgan fingerprint density at radius 3 is 2.52 bits per heavy atom. The predicted molar refractivity (Wildman–Crippen MR) is 108 cm³/mol. The summed E-state index contributed by atoms with van der Waals surface area (Å²) >= 11 is 0. The molecule has 1 saturated heterocycles. The number of hydrogen-bond donors (Lipinski definition) is 1. The molecule has 0 saturated carbocycles. The highest BCUT2D eigenvalue weighted by atomic mass is 16.5. The van der Waals surface area contributed by atoms with Gasteiger partial charge in [0.2, 0.25) is 0 Å². The predicted octanol–water partition coefficient (Wildman–Crippen LogP) is 3.72. The summed E-state index contributed by atoms with van der Waals surface area (Å²) in [6.07, 6.45) is 3.10. The van der Waals surface area contributed by atoms with E-state index in [1.54, 1.807) is 74.0 Å². The number of aliphatic hydroxyl groups excluding tert-OH is 1. The number of amides is 1. The molecule has 0 aliphatic carbocycles. The number of hydrogen-bond acceptors (Lipinski definition) is 5. The molecule has 6 heteroatoms. The second-order valence-electron chi connectivity index (χ2n) is 6.52. The monoisotopic (exact) mass is 386 g/mol. The highest BCUT2D eigenvalue weighted by Gasteiger charge is 2.47. The number of pyridine rings is 1. The van der Waals surface area contributed by atoms with E-state index in [0.29, 0.717) is 22.6 Å². The van der Waals surface area contributed by atoms with Crippen LogP contribution in [-0.2, 0) is 9.59 Å². The summed E-state index contributed by atoms with van der Waals surface area (Å²) in [6.45, 7) is 0. The van der Waals surface area contributed by atoms with Gasteiger partial charge in [0.25, 0.3) is 11.7 Å². The number of aromatic nitrogens is 1. The molecule has 1 amide bonds. The molecule has 0 radical (unpaired) electrons. The molecule has 1 aromatic heterocycles. The van der Waals surface area contributed by atoms with Gasteiger partial charge in [0.05, 0.1) is 30.6 Å². The van der Waals surface area contributed by atoms with Crippen LogP contribution in [0.1, 0.15) is 17.2 Å². The number of rotatable bonds is 4. The maximum absolute atomic E-state index is 13.0. The summed E-state index contributed by atoms with van der Waals surface area (Å²) in [4.78, 5) is 31.4. The molecule has 6 nitrogen and oxygen atoms in total. The first-order chi connectivity index (χ1) is 14.1. The zero-order valence-corrected chi connectivity index (χ0v) is 15.6. The smallest absolute Gasteiger partial charge is 0.300 e. The van der Waals surface area contributed by atoms with Crippen molar-refractivity contribution in [3.05, 3.63) is 95.8 Å². The van der Waals surface area contributed by atoms with E-state index in [4.69, 9.17) is 4.74 Å². The Morgan fingerprint density at radius 2 is 1.83 bits per heavy atom. The zero-order chi connectivity index (χ0) is 20.4. The van der Waals surface area contributed by atoms with Crippen LogP contribution in [0.5, 0.6) is 5.75 Å². The minimum absolute atomic E-state index is 0.0262. The molecule has 3 aromatic rings. The van der Waals surface area contributed by atoms with Crippen molar-refractivity contribution in [2.24, 2.45) is 0 Å². The van der Waals surface area contributed by atoms with Crippen LogP contribution in [0.25, 0.3) is 5.76 Å². The molecule has 1 atom stereocenters. The molecule has 1 unspecified atom stereocenters. The number of carbonyl (C=O) groups is 2. The highest BCUT2D eigenvalue weighted by Crippen LogP contribution is 2.42. The number of methoxy groups -OCH3 is 1. The minimum atomic E-state index is -0.811. The summed E-state index contributed by atoms with van der Waals surface area (Å²) < 4.78 is 5.31. The van der Waals surface area contributed by atoms with E-state index in [-0.39, 0.29) is 11.3 Å². The molecule has 144 valence electrons. The Labute approximate surface area is 167 Å². The van der Waals surface area contributed by atoms with Gasteiger partial charge in [-0.1, -0.05) is 42.5 Å². The van der Waals surface area contributed by atoms with E-state index < -0.39 is 17.7 Å². The number of nitrogens with zero attached hydrogens (tertiary/aromatic N) is 2. The maximum Gasteiger partial charge on any atom is 0.300 e. The molecule has 2 heterocycles. The van der Waals surface area contributed by atoms with Crippen LogP contribution in [0, 0.1) is 0 Å².